The number of nitrogens with zero attached hydrogens (tertiary/aromatic N) is 4. The van der Waals surface area contributed by atoms with E-state index in [0.29, 0.717) is 31.1 Å². The Hall–Kier alpha value is -2.50. The van der Waals surface area contributed by atoms with Gasteiger partial charge in [0.05, 0.1) is 18.9 Å². The predicted molar refractivity (Wildman–Crippen MR) is 81.2 cm³/mol. The van der Waals surface area contributed by atoms with Crippen LogP contribution in [-0.4, -0.2) is 45.5 Å². The van der Waals surface area contributed by atoms with Gasteiger partial charge < -0.3 is 9.64 Å². The summed E-state index contributed by atoms with van der Waals surface area (Å²) in [6.45, 7) is 1.90. The molecule has 1 aliphatic rings. The molecular formula is C16H18N4O2. The Balaban J connectivity index is 1.52. The number of ether oxygens (including phenoxy) is 1. The second-order valence-electron chi connectivity index (χ2n) is 5.14. The Kier molecular flexibility index (Phi) is 4.58. The van der Waals surface area contributed by atoms with Crippen LogP contribution in [0, 0.1) is 0 Å². The number of amides is 1. The number of carbonyl (C=O) groups is 1. The summed E-state index contributed by atoms with van der Waals surface area (Å²) < 4.78 is 5.61. The van der Waals surface area contributed by atoms with Crippen LogP contribution in [0.2, 0.25) is 0 Å². The average Bonchev–Trinajstić information content (AvgIpc) is 2.58. The fourth-order valence-corrected chi connectivity index (χ4v) is 2.39. The Labute approximate surface area is 129 Å². The van der Waals surface area contributed by atoms with Crippen molar-refractivity contribution in [2.24, 2.45) is 0 Å². The summed E-state index contributed by atoms with van der Waals surface area (Å²) in [6, 6.07) is 5.60. The van der Waals surface area contributed by atoms with E-state index in [2.05, 4.69) is 15.0 Å². The normalized spacial score (nSPS) is 14.9. The molecule has 0 spiro atoms. The molecule has 6 nitrogen and oxygen atoms in total. The van der Waals surface area contributed by atoms with E-state index < -0.39 is 0 Å². The van der Waals surface area contributed by atoms with Gasteiger partial charge in [-0.15, -0.1) is 0 Å². The topological polar surface area (TPSA) is 68.2 Å². The standard InChI is InChI=1S/C16H18N4O2/c21-15-6-2-4-8-20(15)9-10-22-13-11-18-16(19-12-13)14-5-1-3-7-17-14/h1,3,5,7,11-12H,2,4,6,8-10H2. The third-order valence-corrected chi connectivity index (χ3v) is 3.57. The third-order valence-electron chi connectivity index (χ3n) is 3.57. The van der Waals surface area contributed by atoms with Crippen molar-refractivity contribution in [2.75, 3.05) is 19.7 Å². The molecule has 6 heteroatoms. The van der Waals surface area contributed by atoms with Crippen LogP contribution < -0.4 is 4.74 Å². The summed E-state index contributed by atoms with van der Waals surface area (Å²) in [5, 5.41) is 0. The van der Waals surface area contributed by atoms with Crippen molar-refractivity contribution >= 4 is 5.91 Å². The molecule has 3 rings (SSSR count). The zero-order valence-corrected chi connectivity index (χ0v) is 12.3. The van der Waals surface area contributed by atoms with Crippen LogP contribution in [0.5, 0.6) is 5.75 Å². The van der Waals surface area contributed by atoms with Crippen LogP contribution in [0.1, 0.15) is 19.3 Å². The molecule has 2 aromatic rings. The number of aromatic nitrogens is 3. The van der Waals surface area contributed by atoms with E-state index in [9.17, 15) is 4.79 Å². The maximum Gasteiger partial charge on any atom is 0.222 e. The monoisotopic (exact) mass is 298 g/mol. The first-order chi connectivity index (χ1) is 10.8. The molecule has 0 aliphatic carbocycles. The zero-order chi connectivity index (χ0) is 15.2. The molecule has 0 atom stereocenters. The van der Waals surface area contributed by atoms with E-state index >= 15 is 0 Å². The summed E-state index contributed by atoms with van der Waals surface area (Å²) in [4.78, 5) is 26.2. The third kappa shape index (κ3) is 3.58. The molecule has 0 saturated carbocycles. The van der Waals surface area contributed by atoms with E-state index in [1.54, 1.807) is 18.6 Å². The van der Waals surface area contributed by atoms with Crippen LogP contribution in [-0.2, 0) is 4.79 Å². The first-order valence-electron chi connectivity index (χ1n) is 7.47. The second-order valence-corrected chi connectivity index (χ2v) is 5.14. The summed E-state index contributed by atoms with van der Waals surface area (Å²) in [6.07, 6.45) is 7.71. The molecule has 1 aliphatic heterocycles. The zero-order valence-electron chi connectivity index (χ0n) is 12.3. The molecule has 0 aromatic carbocycles. The van der Waals surface area contributed by atoms with Gasteiger partial charge >= 0.3 is 0 Å². The Morgan fingerprint density at radius 1 is 1.14 bits per heavy atom. The van der Waals surface area contributed by atoms with Crippen molar-refractivity contribution in [1.82, 2.24) is 19.9 Å². The molecule has 114 valence electrons. The molecule has 1 saturated heterocycles. The highest BCUT2D eigenvalue weighted by Gasteiger charge is 2.17. The van der Waals surface area contributed by atoms with Crippen molar-refractivity contribution in [1.29, 1.82) is 0 Å². The van der Waals surface area contributed by atoms with Crippen LogP contribution in [0.15, 0.2) is 36.8 Å². The van der Waals surface area contributed by atoms with Gasteiger partial charge in [-0.1, -0.05) is 6.07 Å². The molecule has 2 aromatic heterocycles. The van der Waals surface area contributed by atoms with Crippen molar-refractivity contribution < 1.29 is 9.53 Å². The van der Waals surface area contributed by atoms with Crippen molar-refractivity contribution in [3.05, 3.63) is 36.8 Å². The van der Waals surface area contributed by atoms with E-state index in [4.69, 9.17) is 4.74 Å². The Morgan fingerprint density at radius 3 is 2.73 bits per heavy atom. The molecule has 22 heavy (non-hydrogen) atoms. The largest absolute Gasteiger partial charge is 0.489 e. The summed E-state index contributed by atoms with van der Waals surface area (Å²) in [7, 11) is 0. The van der Waals surface area contributed by atoms with Crippen molar-refractivity contribution in [3.8, 4) is 17.3 Å². The van der Waals surface area contributed by atoms with Gasteiger partial charge in [0.2, 0.25) is 5.91 Å². The van der Waals surface area contributed by atoms with Gasteiger partial charge in [-0.05, 0) is 25.0 Å². The van der Waals surface area contributed by atoms with Gasteiger partial charge in [-0.25, -0.2) is 9.97 Å². The van der Waals surface area contributed by atoms with Crippen molar-refractivity contribution in [3.63, 3.8) is 0 Å². The predicted octanol–water partition coefficient (Wildman–Crippen LogP) is 1.93. The fourth-order valence-electron chi connectivity index (χ4n) is 2.39. The lowest BCUT2D eigenvalue weighted by molar-refractivity contribution is -0.133. The minimum atomic E-state index is 0.219. The van der Waals surface area contributed by atoms with Gasteiger partial charge in [-0.2, -0.15) is 0 Å². The number of rotatable bonds is 5. The summed E-state index contributed by atoms with van der Waals surface area (Å²) in [5.74, 6) is 1.39. The molecule has 0 radical (unpaired) electrons. The van der Waals surface area contributed by atoms with Crippen LogP contribution in [0.4, 0.5) is 0 Å². The highest BCUT2D eigenvalue weighted by Crippen LogP contribution is 2.14. The molecular weight excluding hydrogens is 280 g/mol. The lowest BCUT2D eigenvalue weighted by Crippen LogP contribution is -2.38. The molecule has 3 heterocycles. The highest BCUT2D eigenvalue weighted by atomic mass is 16.5. The lowest BCUT2D eigenvalue weighted by atomic mass is 10.1. The van der Waals surface area contributed by atoms with Gasteiger partial charge in [0.25, 0.3) is 0 Å². The first-order valence-corrected chi connectivity index (χ1v) is 7.47. The SMILES string of the molecule is O=C1CCCCN1CCOc1cnc(-c2ccccn2)nc1. The molecule has 1 amide bonds. The fraction of sp³-hybridized carbons (Fsp3) is 0.375. The Morgan fingerprint density at radius 2 is 2.00 bits per heavy atom. The smallest absolute Gasteiger partial charge is 0.222 e. The van der Waals surface area contributed by atoms with Crippen LogP contribution in [0.3, 0.4) is 0 Å². The molecule has 0 N–H and O–H groups in total. The molecule has 1 fully saturated rings. The van der Waals surface area contributed by atoms with E-state index in [0.717, 1.165) is 25.1 Å². The second kappa shape index (κ2) is 6.98. The van der Waals surface area contributed by atoms with Gasteiger partial charge in [-0.3, -0.25) is 9.78 Å². The van der Waals surface area contributed by atoms with Crippen molar-refractivity contribution in [2.45, 2.75) is 19.3 Å². The lowest BCUT2D eigenvalue weighted by Gasteiger charge is -2.26. The molecule has 0 unspecified atom stereocenters. The molecule has 0 bridgehead atoms. The van der Waals surface area contributed by atoms with E-state index in [1.165, 1.54) is 0 Å². The Bertz CT molecular complexity index is 616. The summed E-state index contributed by atoms with van der Waals surface area (Å²) in [5.41, 5.74) is 0.730. The summed E-state index contributed by atoms with van der Waals surface area (Å²) >= 11 is 0. The maximum atomic E-state index is 11.7. The number of likely N-dealkylation sites (tertiary alicyclic amines) is 1. The van der Waals surface area contributed by atoms with Gasteiger partial charge in [0.1, 0.15) is 12.3 Å². The number of pyridine rings is 1. The van der Waals surface area contributed by atoms with Crippen LogP contribution >= 0.6 is 0 Å². The van der Waals surface area contributed by atoms with Gasteiger partial charge in [0, 0.05) is 19.2 Å². The number of piperidine rings is 1. The van der Waals surface area contributed by atoms with Gasteiger partial charge in [0.15, 0.2) is 11.6 Å². The highest BCUT2D eigenvalue weighted by molar-refractivity contribution is 5.76. The van der Waals surface area contributed by atoms with E-state index in [1.807, 2.05) is 23.1 Å². The number of hydrogen-bond donors (Lipinski definition) is 0. The van der Waals surface area contributed by atoms with Crippen LogP contribution in [0.25, 0.3) is 11.5 Å². The number of hydrogen-bond acceptors (Lipinski definition) is 5. The minimum absolute atomic E-state index is 0.219. The quantitative estimate of drug-likeness (QED) is 0.843. The van der Waals surface area contributed by atoms with E-state index in [-0.39, 0.29) is 5.91 Å². The average molecular weight is 298 g/mol. The maximum absolute atomic E-state index is 11.7. The minimum Gasteiger partial charge on any atom is -0.489 e. The number of carbonyl (C=O) groups excluding carboxylic acids is 1. The first kappa shape index (κ1) is 14.4.